The first-order valence-corrected chi connectivity index (χ1v) is 6.33. The van der Waals surface area contributed by atoms with Gasteiger partial charge in [0, 0.05) is 19.5 Å². The molecule has 0 fully saturated rings. The molecule has 2 rings (SSSR count). The van der Waals surface area contributed by atoms with Crippen molar-refractivity contribution in [3.8, 4) is 11.6 Å². The fourth-order valence-electron chi connectivity index (χ4n) is 1.64. The number of ether oxygens (including phenoxy) is 1. The van der Waals surface area contributed by atoms with Crippen LogP contribution in [0.1, 0.15) is 18.3 Å². The third kappa shape index (κ3) is 3.84. The van der Waals surface area contributed by atoms with Gasteiger partial charge in [-0.3, -0.25) is 0 Å². The Bertz CT molecular complexity index is 590. The quantitative estimate of drug-likeness (QED) is 0.930. The lowest BCUT2D eigenvalue weighted by Gasteiger charge is -2.10. The summed E-state index contributed by atoms with van der Waals surface area (Å²) in [5.74, 6) is 1.74. The second kappa shape index (κ2) is 5.99. The van der Waals surface area contributed by atoms with E-state index in [-0.39, 0.29) is 11.6 Å². The van der Waals surface area contributed by atoms with Crippen molar-refractivity contribution in [2.45, 2.75) is 19.5 Å². The molecule has 0 atom stereocenters. The fraction of sp³-hybridized carbons (Fsp3) is 0.286. The number of rotatable bonds is 4. The standard InChI is InChI=1S/C14H14F3N3O/c1-3-11-19-12(18-2)8-13(20-11)21-10-6-4-9(5-7-10)14(15,16)17/h4-8H,3H2,1-2H3,(H,18,19,20). The molecule has 0 unspecified atom stereocenters. The Hall–Kier alpha value is -2.31. The molecule has 21 heavy (non-hydrogen) atoms. The average molecular weight is 297 g/mol. The summed E-state index contributed by atoms with van der Waals surface area (Å²) in [5.41, 5.74) is -0.720. The molecule has 112 valence electrons. The highest BCUT2D eigenvalue weighted by Crippen LogP contribution is 2.31. The van der Waals surface area contributed by atoms with Gasteiger partial charge in [0.1, 0.15) is 17.4 Å². The van der Waals surface area contributed by atoms with Gasteiger partial charge in [0.2, 0.25) is 5.88 Å². The van der Waals surface area contributed by atoms with Crippen molar-refractivity contribution in [3.05, 3.63) is 41.7 Å². The molecule has 1 N–H and O–H groups in total. The van der Waals surface area contributed by atoms with Crippen LogP contribution in [-0.4, -0.2) is 17.0 Å². The maximum absolute atomic E-state index is 12.5. The van der Waals surface area contributed by atoms with E-state index in [1.54, 1.807) is 13.1 Å². The molecule has 0 bridgehead atoms. The van der Waals surface area contributed by atoms with Crippen LogP contribution in [0.4, 0.5) is 19.0 Å². The Kier molecular flexibility index (Phi) is 4.30. The molecule has 0 amide bonds. The van der Waals surface area contributed by atoms with Crippen LogP contribution in [0.3, 0.4) is 0 Å². The molecule has 0 radical (unpaired) electrons. The molecule has 1 heterocycles. The number of hydrogen-bond donors (Lipinski definition) is 1. The monoisotopic (exact) mass is 297 g/mol. The minimum absolute atomic E-state index is 0.283. The van der Waals surface area contributed by atoms with Crippen molar-refractivity contribution in [1.82, 2.24) is 9.97 Å². The summed E-state index contributed by atoms with van der Waals surface area (Å²) in [5, 5.41) is 2.88. The SMILES string of the molecule is CCc1nc(NC)cc(Oc2ccc(C(F)(F)F)cc2)n1. The maximum Gasteiger partial charge on any atom is 0.416 e. The molecule has 0 aliphatic rings. The van der Waals surface area contributed by atoms with E-state index < -0.39 is 11.7 Å². The summed E-state index contributed by atoms with van der Waals surface area (Å²) in [6, 6.07) is 6.04. The molecular formula is C14H14F3N3O. The highest BCUT2D eigenvalue weighted by molar-refractivity contribution is 5.40. The summed E-state index contributed by atoms with van der Waals surface area (Å²) in [7, 11) is 1.71. The van der Waals surface area contributed by atoms with Crippen LogP contribution in [0.15, 0.2) is 30.3 Å². The van der Waals surface area contributed by atoms with E-state index in [0.717, 1.165) is 12.1 Å². The minimum Gasteiger partial charge on any atom is -0.439 e. The lowest BCUT2D eigenvalue weighted by Crippen LogP contribution is -2.04. The highest BCUT2D eigenvalue weighted by atomic mass is 19.4. The van der Waals surface area contributed by atoms with Gasteiger partial charge in [-0.15, -0.1) is 0 Å². The zero-order chi connectivity index (χ0) is 15.5. The Morgan fingerprint density at radius 2 is 1.81 bits per heavy atom. The number of alkyl halides is 3. The molecule has 0 saturated carbocycles. The molecule has 0 saturated heterocycles. The van der Waals surface area contributed by atoms with E-state index in [2.05, 4.69) is 15.3 Å². The Morgan fingerprint density at radius 1 is 1.14 bits per heavy atom. The Balaban J connectivity index is 2.22. The molecular weight excluding hydrogens is 283 g/mol. The van der Waals surface area contributed by atoms with Gasteiger partial charge in [0.15, 0.2) is 0 Å². The number of nitrogens with zero attached hydrogens (tertiary/aromatic N) is 2. The van der Waals surface area contributed by atoms with Crippen molar-refractivity contribution in [1.29, 1.82) is 0 Å². The van der Waals surface area contributed by atoms with Crippen LogP contribution in [0.25, 0.3) is 0 Å². The summed E-state index contributed by atoms with van der Waals surface area (Å²) < 4.78 is 42.9. The molecule has 0 aliphatic carbocycles. The van der Waals surface area contributed by atoms with Crippen LogP contribution in [0.2, 0.25) is 0 Å². The highest BCUT2D eigenvalue weighted by Gasteiger charge is 2.30. The van der Waals surface area contributed by atoms with Gasteiger partial charge in [-0.25, -0.2) is 4.98 Å². The van der Waals surface area contributed by atoms with E-state index in [0.29, 0.717) is 18.1 Å². The van der Waals surface area contributed by atoms with Crippen LogP contribution >= 0.6 is 0 Å². The predicted octanol–water partition coefficient (Wildman–Crippen LogP) is 3.89. The molecule has 0 spiro atoms. The summed E-state index contributed by atoms with van der Waals surface area (Å²) >= 11 is 0. The zero-order valence-corrected chi connectivity index (χ0v) is 11.5. The normalized spacial score (nSPS) is 11.3. The molecule has 1 aromatic heterocycles. The first-order valence-electron chi connectivity index (χ1n) is 6.33. The number of nitrogens with one attached hydrogen (secondary N) is 1. The molecule has 0 aliphatic heterocycles. The van der Waals surface area contributed by atoms with Gasteiger partial charge in [-0.1, -0.05) is 6.92 Å². The molecule has 4 nitrogen and oxygen atoms in total. The fourth-order valence-corrected chi connectivity index (χ4v) is 1.64. The third-order valence-corrected chi connectivity index (χ3v) is 2.73. The van der Waals surface area contributed by atoms with E-state index in [1.807, 2.05) is 6.92 Å². The molecule has 7 heteroatoms. The first-order chi connectivity index (χ1) is 9.92. The van der Waals surface area contributed by atoms with Gasteiger partial charge < -0.3 is 10.1 Å². The Morgan fingerprint density at radius 3 is 2.33 bits per heavy atom. The van der Waals surface area contributed by atoms with E-state index in [9.17, 15) is 13.2 Å². The van der Waals surface area contributed by atoms with Crippen molar-refractivity contribution in [2.24, 2.45) is 0 Å². The third-order valence-electron chi connectivity index (χ3n) is 2.73. The van der Waals surface area contributed by atoms with E-state index >= 15 is 0 Å². The smallest absolute Gasteiger partial charge is 0.416 e. The van der Waals surface area contributed by atoms with Crippen LogP contribution in [0.5, 0.6) is 11.6 Å². The van der Waals surface area contributed by atoms with Crippen molar-refractivity contribution >= 4 is 5.82 Å². The largest absolute Gasteiger partial charge is 0.439 e. The average Bonchev–Trinajstić information content (AvgIpc) is 2.46. The van der Waals surface area contributed by atoms with E-state index in [1.165, 1.54) is 12.1 Å². The van der Waals surface area contributed by atoms with Crippen LogP contribution in [-0.2, 0) is 12.6 Å². The van der Waals surface area contributed by atoms with E-state index in [4.69, 9.17) is 4.74 Å². The topological polar surface area (TPSA) is 47.0 Å². The number of halogens is 3. The van der Waals surface area contributed by atoms with Crippen LogP contribution < -0.4 is 10.1 Å². The summed E-state index contributed by atoms with van der Waals surface area (Å²) in [4.78, 5) is 8.38. The molecule has 2 aromatic rings. The van der Waals surface area contributed by atoms with Gasteiger partial charge in [-0.2, -0.15) is 18.2 Å². The van der Waals surface area contributed by atoms with Gasteiger partial charge >= 0.3 is 6.18 Å². The minimum atomic E-state index is -4.36. The Labute approximate surface area is 120 Å². The number of hydrogen-bond acceptors (Lipinski definition) is 4. The second-order valence-electron chi connectivity index (χ2n) is 4.24. The maximum atomic E-state index is 12.5. The van der Waals surface area contributed by atoms with Crippen molar-refractivity contribution < 1.29 is 17.9 Å². The number of benzene rings is 1. The molecule has 1 aromatic carbocycles. The van der Waals surface area contributed by atoms with Crippen LogP contribution in [0, 0.1) is 0 Å². The van der Waals surface area contributed by atoms with Gasteiger partial charge in [-0.05, 0) is 24.3 Å². The lowest BCUT2D eigenvalue weighted by molar-refractivity contribution is -0.137. The number of anilines is 1. The summed E-state index contributed by atoms with van der Waals surface area (Å²) in [6.45, 7) is 1.90. The predicted molar refractivity (Wildman–Crippen MR) is 72.5 cm³/mol. The van der Waals surface area contributed by atoms with Crippen molar-refractivity contribution in [3.63, 3.8) is 0 Å². The first kappa shape index (κ1) is 15.1. The van der Waals surface area contributed by atoms with Gasteiger partial charge in [0.05, 0.1) is 5.56 Å². The summed E-state index contributed by atoms with van der Waals surface area (Å²) in [6.07, 6.45) is -3.74. The van der Waals surface area contributed by atoms with Gasteiger partial charge in [0.25, 0.3) is 0 Å². The van der Waals surface area contributed by atoms with Crippen molar-refractivity contribution in [2.75, 3.05) is 12.4 Å². The second-order valence-corrected chi connectivity index (χ2v) is 4.24. The lowest BCUT2D eigenvalue weighted by atomic mass is 10.2. The number of aryl methyl sites for hydroxylation is 1. The zero-order valence-electron chi connectivity index (χ0n) is 11.5. The number of aromatic nitrogens is 2.